The van der Waals surface area contributed by atoms with E-state index in [9.17, 15) is 17.6 Å². The van der Waals surface area contributed by atoms with Crippen molar-refractivity contribution in [1.29, 1.82) is 0 Å². The lowest BCUT2D eigenvalue weighted by atomic mass is 9.99. The molecule has 3 N–H and O–H groups in total. The molecule has 1 saturated heterocycles. The number of rotatable bonds is 4. The molecule has 0 aromatic carbocycles. The summed E-state index contributed by atoms with van der Waals surface area (Å²) in [6.07, 6.45) is 2.53. The summed E-state index contributed by atoms with van der Waals surface area (Å²) in [5, 5.41) is 1.39. The number of sulfone groups is 1. The quantitative estimate of drug-likeness (QED) is 0.768. The van der Waals surface area contributed by atoms with Crippen molar-refractivity contribution in [2.24, 2.45) is 11.7 Å². The largest absolute Gasteiger partial charge is 0.356 e. The van der Waals surface area contributed by atoms with Gasteiger partial charge in [-0.25, -0.2) is 8.42 Å². The minimum absolute atomic E-state index is 0. The van der Waals surface area contributed by atoms with E-state index in [1.807, 2.05) is 0 Å². The number of nitrogens with one attached hydrogen (secondary N) is 1. The third-order valence-corrected chi connectivity index (χ3v) is 3.26. The Morgan fingerprint density at radius 2 is 2.29 bits per heavy atom. The van der Waals surface area contributed by atoms with Gasteiger partial charge in [-0.1, -0.05) is 0 Å². The summed E-state index contributed by atoms with van der Waals surface area (Å²) in [7, 11) is -3.83. The first kappa shape index (κ1) is 16.3. The highest BCUT2D eigenvalue weighted by molar-refractivity contribution is 7.94. The van der Waals surface area contributed by atoms with E-state index >= 15 is 0 Å². The van der Waals surface area contributed by atoms with Gasteiger partial charge in [-0.3, -0.25) is 4.79 Å². The lowest BCUT2D eigenvalue weighted by Gasteiger charge is -2.10. The number of hydrogen-bond donors (Lipinski definition) is 2. The zero-order chi connectivity index (χ0) is 12.3. The highest BCUT2D eigenvalue weighted by Gasteiger charge is 2.26. The maximum Gasteiger partial charge on any atom is 0.223 e. The second-order valence-corrected chi connectivity index (χ2v) is 5.85. The van der Waals surface area contributed by atoms with E-state index in [1.54, 1.807) is 0 Å². The molecule has 0 spiro atoms. The maximum atomic E-state index is 13.0. The van der Waals surface area contributed by atoms with Crippen molar-refractivity contribution in [2.45, 2.75) is 18.9 Å². The summed E-state index contributed by atoms with van der Waals surface area (Å²) < 4.78 is 34.6. The van der Waals surface area contributed by atoms with Gasteiger partial charge >= 0.3 is 0 Å². The fourth-order valence-corrected chi connectivity index (χ4v) is 1.98. The van der Waals surface area contributed by atoms with Crippen LogP contribution in [0.4, 0.5) is 4.39 Å². The van der Waals surface area contributed by atoms with Gasteiger partial charge < -0.3 is 11.1 Å². The molecule has 0 radical (unpaired) electrons. The molecule has 0 aliphatic carbocycles. The lowest BCUT2D eigenvalue weighted by molar-refractivity contribution is -0.122. The predicted octanol–water partition coefficient (Wildman–Crippen LogP) is 0.117. The Kier molecular flexibility index (Phi) is 6.08. The Bertz CT molecular complexity index is 410. The minimum atomic E-state index is -3.83. The Morgan fingerprint density at radius 1 is 1.71 bits per heavy atom. The molecule has 0 saturated carbocycles. The van der Waals surface area contributed by atoms with Crippen LogP contribution in [0.1, 0.15) is 12.8 Å². The van der Waals surface area contributed by atoms with Crippen LogP contribution < -0.4 is 11.1 Å². The predicted molar refractivity (Wildman–Crippen MR) is 65.0 cm³/mol. The van der Waals surface area contributed by atoms with E-state index < -0.39 is 21.0 Å². The Morgan fingerprint density at radius 3 is 2.71 bits per heavy atom. The van der Waals surface area contributed by atoms with Crippen molar-refractivity contribution in [3.05, 3.63) is 11.2 Å². The monoisotopic (exact) mass is 286 g/mol. The van der Waals surface area contributed by atoms with E-state index in [1.165, 1.54) is 0 Å². The first-order valence-corrected chi connectivity index (χ1v) is 6.80. The molecule has 0 aromatic rings. The highest BCUT2D eigenvalue weighted by Crippen LogP contribution is 2.17. The third kappa shape index (κ3) is 5.01. The molecule has 1 aliphatic heterocycles. The number of halogens is 2. The van der Waals surface area contributed by atoms with E-state index in [-0.39, 0.29) is 30.7 Å². The Hall–Kier alpha value is -0.660. The summed E-state index contributed by atoms with van der Waals surface area (Å²) >= 11 is 0. The third-order valence-electron chi connectivity index (χ3n) is 2.42. The number of carbonyl (C=O) groups excluding carboxylic acids is 1. The molecule has 1 heterocycles. The summed E-state index contributed by atoms with van der Waals surface area (Å²) in [5.74, 6) is -0.359. The zero-order valence-electron chi connectivity index (χ0n) is 9.35. The number of nitrogens with two attached hydrogens (primary N) is 1. The first-order chi connectivity index (χ1) is 7.30. The second-order valence-electron chi connectivity index (χ2n) is 3.92. The van der Waals surface area contributed by atoms with Crippen molar-refractivity contribution in [3.8, 4) is 0 Å². The van der Waals surface area contributed by atoms with Gasteiger partial charge in [0.15, 0.2) is 0 Å². The van der Waals surface area contributed by atoms with Crippen molar-refractivity contribution in [3.63, 3.8) is 0 Å². The minimum Gasteiger partial charge on any atom is -0.356 e. The summed E-state index contributed by atoms with van der Waals surface area (Å²) in [6.45, 7) is 0.592. The average Bonchev–Trinajstić information content (AvgIpc) is 2.50. The molecule has 0 bridgehead atoms. The zero-order valence-corrected chi connectivity index (χ0v) is 11.0. The van der Waals surface area contributed by atoms with Crippen LogP contribution in [-0.4, -0.2) is 33.2 Å². The van der Waals surface area contributed by atoms with Crippen molar-refractivity contribution in [1.82, 2.24) is 5.32 Å². The Balaban J connectivity index is 0.00000256. The molecule has 5 nitrogen and oxygen atoms in total. The van der Waals surface area contributed by atoms with Crippen LogP contribution in [0, 0.1) is 5.92 Å². The summed E-state index contributed by atoms with van der Waals surface area (Å²) in [6, 6.07) is -0.761. The van der Waals surface area contributed by atoms with Gasteiger partial charge in [-0.2, -0.15) is 4.39 Å². The molecule has 0 aromatic heterocycles. The van der Waals surface area contributed by atoms with E-state index in [4.69, 9.17) is 5.73 Å². The molecule has 1 amide bonds. The standard InChI is InChI=1S/C9H15FN2O3S.ClH/c1-16(14,15)8(10)5-7(11)4-6-2-3-12-9(6)13;/h5-7H,2-4,11H2,1H3,(H,12,13);1H/b8-5+;/t6-,7-;/m0./s1. The molecule has 8 heteroatoms. The van der Waals surface area contributed by atoms with Crippen LogP contribution in [-0.2, 0) is 14.6 Å². The molecule has 2 atom stereocenters. The molecule has 0 unspecified atom stereocenters. The molecule has 1 aliphatic rings. The van der Waals surface area contributed by atoms with Gasteiger partial charge in [0.1, 0.15) is 0 Å². The molecule has 1 rings (SSSR count). The fourth-order valence-electron chi connectivity index (χ4n) is 1.56. The number of amides is 1. The van der Waals surface area contributed by atoms with Gasteiger partial charge in [0.2, 0.25) is 20.9 Å². The average molecular weight is 287 g/mol. The SMILES string of the molecule is CS(=O)(=O)/C(F)=C/[C@@H](N)C[C@@H]1CCNC1=O.Cl. The Labute approximate surface area is 106 Å². The van der Waals surface area contributed by atoms with Crippen molar-refractivity contribution in [2.75, 3.05) is 12.8 Å². The second kappa shape index (κ2) is 6.32. The van der Waals surface area contributed by atoms with E-state index in [0.29, 0.717) is 13.0 Å². The van der Waals surface area contributed by atoms with Gasteiger partial charge in [-0.05, 0) is 18.9 Å². The molecular formula is C9H16ClFN2O3S. The van der Waals surface area contributed by atoms with Crippen LogP contribution in [0.25, 0.3) is 0 Å². The highest BCUT2D eigenvalue weighted by atomic mass is 35.5. The molecule has 100 valence electrons. The number of carbonyl (C=O) groups is 1. The number of hydrogen-bond acceptors (Lipinski definition) is 4. The van der Waals surface area contributed by atoms with Gasteiger partial charge in [0, 0.05) is 24.8 Å². The first-order valence-electron chi connectivity index (χ1n) is 4.91. The summed E-state index contributed by atoms with van der Waals surface area (Å²) in [5.41, 5.74) is 5.55. The molecule has 17 heavy (non-hydrogen) atoms. The smallest absolute Gasteiger partial charge is 0.223 e. The van der Waals surface area contributed by atoms with Crippen LogP contribution in [0.15, 0.2) is 11.2 Å². The topological polar surface area (TPSA) is 89.3 Å². The van der Waals surface area contributed by atoms with Crippen LogP contribution >= 0.6 is 12.4 Å². The van der Waals surface area contributed by atoms with E-state index in [0.717, 1.165) is 12.3 Å². The van der Waals surface area contributed by atoms with Gasteiger partial charge in [-0.15, -0.1) is 12.4 Å². The van der Waals surface area contributed by atoms with Gasteiger partial charge in [0.05, 0.1) is 0 Å². The van der Waals surface area contributed by atoms with E-state index in [2.05, 4.69) is 5.32 Å². The maximum absolute atomic E-state index is 13.0. The van der Waals surface area contributed by atoms with Crippen molar-refractivity contribution >= 4 is 28.2 Å². The van der Waals surface area contributed by atoms with Crippen LogP contribution in [0.3, 0.4) is 0 Å². The normalized spacial score (nSPS) is 22.9. The van der Waals surface area contributed by atoms with Crippen molar-refractivity contribution < 1.29 is 17.6 Å². The fraction of sp³-hybridized carbons (Fsp3) is 0.667. The van der Waals surface area contributed by atoms with Gasteiger partial charge in [0.25, 0.3) is 0 Å². The molecule has 1 fully saturated rings. The lowest BCUT2D eigenvalue weighted by Crippen LogP contribution is -2.27. The van der Waals surface area contributed by atoms with Crippen LogP contribution in [0.2, 0.25) is 0 Å². The summed E-state index contributed by atoms with van der Waals surface area (Å²) in [4.78, 5) is 11.2. The molecular weight excluding hydrogens is 271 g/mol. The van der Waals surface area contributed by atoms with Crippen LogP contribution in [0.5, 0.6) is 0 Å².